The van der Waals surface area contributed by atoms with Gasteiger partial charge in [-0.2, -0.15) is 5.10 Å². The lowest BCUT2D eigenvalue weighted by atomic mass is 10.1. The van der Waals surface area contributed by atoms with Crippen LogP contribution in [0.4, 0.5) is 0 Å². The number of aliphatic hydroxyl groups is 1. The largest absolute Gasteiger partial charge is 0.395 e. The van der Waals surface area contributed by atoms with Crippen LogP contribution in [0, 0.1) is 13.8 Å². The first kappa shape index (κ1) is 14.3. The van der Waals surface area contributed by atoms with Gasteiger partial charge in [-0.15, -0.1) is 0 Å². The summed E-state index contributed by atoms with van der Waals surface area (Å²) in [5.74, 6) is 0. The van der Waals surface area contributed by atoms with Crippen molar-refractivity contribution in [3.8, 4) is 5.69 Å². The van der Waals surface area contributed by atoms with Crippen molar-refractivity contribution in [3.05, 3.63) is 47.3 Å². The second-order valence-corrected chi connectivity index (χ2v) is 5.95. The van der Waals surface area contributed by atoms with Gasteiger partial charge in [-0.05, 0) is 57.0 Å². The Labute approximate surface area is 126 Å². The number of rotatable bonds is 4. The summed E-state index contributed by atoms with van der Waals surface area (Å²) in [7, 11) is 0. The number of hydrogen-bond donors (Lipinski definition) is 1. The van der Waals surface area contributed by atoms with E-state index in [-0.39, 0.29) is 6.61 Å². The molecule has 0 amide bonds. The molecule has 4 heteroatoms. The van der Waals surface area contributed by atoms with Crippen molar-refractivity contribution in [2.75, 3.05) is 13.2 Å². The van der Waals surface area contributed by atoms with E-state index in [0.717, 1.165) is 36.6 Å². The van der Waals surface area contributed by atoms with Crippen LogP contribution >= 0.6 is 0 Å². The molecule has 3 rings (SSSR count). The first-order valence-electron chi connectivity index (χ1n) is 7.65. The average Bonchev–Trinajstić information content (AvgIpc) is 3.06. The van der Waals surface area contributed by atoms with Crippen LogP contribution in [-0.4, -0.2) is 39.0 Å². The van der Waals surface area contributed by atoms with E-state index in [1.54, 1.807) is 0 Å². The standard InChI is InChI=1S/C17H23N3O/c1-13-10-14(2)20(18-13)16-7-5-15(6-8-16)11-19-9-3-4-17(19)12-21/h5-8,10,17,21H,3-4,9,11-12H2,1-2H3/t17-/m0/s1. The molecule has 1 saturated heterocycles. The van der Waals surface area contributed by atoms with Crippen molar-refractivity contribution in [2.24, 2.45) is 0 Å². The van der Waals surface area contributed by atoms with Crippen molar-refractivity contribution in [3.63, 3.8) is 0 Å². The van der Waals surface area contributed by atoms with Crippen LogP contribution in [-0.2, 0) is 6.54 Å². The van der Waals surface area contributed by atoms with Crippen molar-refractivity contribution in [2.45, 2.75) is 39.3 Å². The van der Waals surface area contributed by atoms with Gasteiger partial charge in [0, 0.05) is 18.3 Å². The van der Waals surface area contributed by atoms with Crippen molar-refractivity contribution in [1.82, 2.24) is 14.7 Å². The van der Waals surface area contributed by atoms with Gasteiger partial charge in [0.05, 0.1) is 18.0 Å². The average molecular weight is 285 g/mol. The monoisotopic (exact) mass is 285 g/mol. The third kappa shape index (κ3) is 3.01. The fraction of sp³-hybridized carbons (Fsp3) is 0.471. The Morgan fingerprint density at radius 3 is 2.62 bits per heavy atom. The SMILES string of the molecule is Cc1cc(C)n(-c2ccc(CN3CCC[C@H]3CO)cc2)n1. The highest BCUT2D eigenvalue weighted by molar-refractivity contribution is 5.36. The second kappa shape index (κ2) is 6.00. The van der Waals surface area contributed by atoms with Gasteiger partial charge in [0.15, 0.2) is 0 Å². The first-order valence-corrected chi connectivity index (χ1v) is 7.65. The molecule has 0 radical (unpaired) electrons. The number of hydrogen-bond acceptors (Lipinski definition) is 3. The van der Waals surface area contributed by atoms with E-state index in [1.165, 1.54) is 12.0 Å². The number of likely N-dealkylation sites (tertiary alicyclic amines) is 1. The molecule has 21 heavy (non-hydrogen) atoms. The Morgan fingerprint density at radius 2 is 2.00 bits per heavy atom. The van der Waals surface area contributed by atoms with Crippen LogP contribution in [0.1, 0.15) is 29.8 Å². The molecule has 0 saturated carbocycles. The van der Waals surface area contributed by atoms with Gasteiger partial charge in [0.1, 0.15) is 0 Å². The maximum absolute atomic E-state index is 9.39. The summed E-state index contributed by atoms with van der Waals surface area (Å²) in [5.41, 5.74) is 4.59. The summed E-state index contributed by atoms with van der Waals surface area (Å²) in [4.78, 5) is 2.37. The van der Waals surface area contributed by atoms with Crippen LogP contribution in [0.5, 0.6) is 0 Å². The highest BCUT2D eigenvalue weighted by Gasteiger charge is 2.23. The minimum absolute atomic E-state index is 0.268. The van der Waals surface area contributed by atoms with E-state index < -0.39 is 0 Å². The van der Waals surface area contributed by atoms with E-state index in [0.29, 0.717) is 6.04 Å². The quantitative estimate of drug-likeness (QED) is 0.938. The Bertz CT molecular complexity index is 603. The minimum atomic E-state index is 0.268. The number of aryl methyl sites for hydroxylation is 2. The molecule has 1 aliphatic heterocycles. The van der Waals surface area contributed by atoms with Crippen LogP contribution in [0.3, 0.4) is 0 Å². The van der Waals surface area contributed by atoms with E-state index in [1.807, 2.05) is 11.6 Å². The van der Waals surface area contributed by atoms with E-state index in [4.69, 9.17) is 0 Å². The van der Waals surface area contributed by atoms with Gasteiger partial charge in [-0.25, -0.2) is 4.68 Å². The molecular weight excluding hydrogens is 262 g/mol. The normalized spacial score (nSPS) is 19.3. The zero-order valence-electron chi connectivity index (χ0n) is 12.8. The van der Waals surface area contributed by atoms with Crippen molar-refractivity contribution < 1.29 is 5.11 Å². The van der Waals surface area contributed by atoms with Crippen molar-refractivity contribution >= 4 is 0 Å². The lowest BCUT2D eigenvalue weighted by Crippen LogP contribution is -2.31. The highest BCUT2D eigenvalue weighted by atomic mass is 16.3. The molecule has 0 bridgehead atoms. The minimum Gasteiger partial charge on any atom is -0.395 e. The molecule has 0 spiro atoms. The summed E-state index contributed by atoms with van der Waals surface area (Å²) in [6, 6.07) is 11.0. The maximum atomic E-state index is 9.39. The van der Waals surface area contributed by atoms with Crippen LogP contribution in [0.2, 0.25) is 0 Å². The summed E-state index contributed by atoms with van der Waals surface area (Å²) in [6.45, 7) is 6.36. The molecule has 112 valence electrons. The van der Waals surface area contributed by atoms with Gasteiger partial charge >= 0.3 is 0 Å². The molecule has 0 unspecified atom stereocenters. The molecular formula is C17H23N3O. The van der Waals surface area contributed by atoms with Crippen LogP contribution in [0.15, 0.2) is 30.3 Å². The molecule has 2 heterocycles. The van der Waals surface area contributed by atoms with Gasteiger partial charge in [-0.1, -0.05) is 12.1 Å². The Morgan fingerprint density at radius 1 is 1.24 bits per heavy atom. The molecule has 1 atom stereocenters. The van der Waals surface area contributed by atoms with Gasteiger partial charge in [0.2, 0.25) is 0 Å². The highest BCUT2D eigenvalue weighted by Crippen LogP contribution is 2.20. The van der Waals surface area contributed by atoms with Crippen LogP contribution < -0.4 is 0 Å². The Balaban J connectivity index is 1.74. The Kier molecular flexibility index (Phi) is 4.08. The number of benzene rings is 1. The van der Waals surface area contributed by atoms with E-state index in [2.05, 4.69) is 47.3 Å². The predicted molar refractivity (Wildman–Crippen MR) is 83.6 cm³/mol. The smallest absolute Gasteiger partial charge is 0.0648 e. The summed E-state index contributed by atoms with van der Waals surface area (Å²) < 4.78 is 1.98. The zero-order valence-corrected chi connectivity index (χ0v) is 12.8. The molecule has 1 N–H and O–H groups in total. The zero-order chi connectivity index (χ0) is 14.8. The van der Waals surface area contributed by atoms with Gasteiger partial charge in [-0.3, -0.25) is 4.90 Å². The lowest BCUT2D eigenvalue weighted by molar-refractivity contribution is 0.153. The molecule has 1 aliphatic rings. The molecule has 4 nitrogen and oxygen atoms in total. The first-order chi connectivity index (χ1) is 10.2. The number of aliphatic hydroxyl groups excluding tert-OH is 1. The molecule has 1 fully saturated rings. The predicted octanol–water partition coefficient (Wildman–Crippen LogP) is 2.45. The molecule has 0 aliphatic carbocycles. The number of nitrogens with zero attached hydrogens (tertiary/aromatic N) is 3. The summed E-state index contributed by atoms with van der Waals surface area (Å²) in [6.07, 6.45) is 2.30. The molecule has 2 aromatic rings. The third-order valence-electron chi connectivity index (χ3n) is 4.29. The number of aromatic nitrogens is 2. The second-order valence-electron chi connectivity index (χ2n) is 5.95. The Hall–Kier alpha value is -1.65. The van der Waals surface area contributed by atoms with Crippen LogP contribution in [0.25, 0.3) is 5.69 Å². The third-order valence-corrected chi connectivity index (χ3v) is 4.29. The van der Waals surface area contributed by atoms with E-state index >= 15 is 0 Å². The van der Waals surface area contributed by atoms with Gasteiger partial charge in [0.25, 0.3) is 0 Å². The fourth-order valence-corrected chi connectivity index (χ4v) is 3.18. The summed E-state index contributed by atoms with van der Waals surface area (Å²) in [5, 5.41) is 13.9. The molecule has 1 aromatic carbocycles. The molecule has 1 aromatic heterocycles. The maximum Gasteiger partial charge on any atom is 0.0648 e. The summed E-state index contributed by atoms with van der Waals surface area (Å²) >= 11 is 0. The van der Waals surface area contributed by atoms with E-state index in [9.17, 15) is 5.11 Å². The van der Waals surface area contributed by atoms with Gasteiger partial charge < -0.3 is 5.11 Å². The topological polar surface area (TPSA) is 41.3 Å². The lowest BCUT2D eigenvalue weighted by Gasteiger charge is -2.22. The van der Waals surface area contributed by atoms with Crippen molar-refractivity contribution in [1.29, 1.82) is 0 Å². The fourth-order valence-electron chi connectivity index (χ4n) is 3.18.